The maximum Gasteiger partial charge on any atom is 0.305 e. The number of carbonyl (C=O) groups is 1. The Morgan fingerprint density at radius 2 is 1.74 bits per heavy atom. The summed E-state index contributed by atoms with van der Waals surface area (Å²) in [5.41, 5.74) is 0.744. The van der Waals surface area contributed by atoms with Crippen molar-refractivity contribution in [3.05, 3.63) is 0 Å². The van der Waals surface area contributed by atoms with E-state index in [1.165, 1.54) is 52.1 Å². The van der Waals surface area contributed by atoms with Crippen LogP contribution in [-0.2, 0) is 9.53 Å². The van der Waals surface area contributed by atoms with E-state index in [4.69, 9.17) is 4.74 Å². The van der Waals surface area contributed by atoms with E-state index in [9.17, 15) is 9.90 Å². The van der Waals surface area contributed by atoms with Crippen molar-refractivity contribution in [2.24, 2.45) is 58.2 Å². The molecule has 0 saturated heterocycles. The molecular weight excluding hydrogens is 384 g/mol. The van der Waals surface area contributed by atoms with Crippen LogP contribution in [-0.4, -0.2) is 24.3 Å². The molecule has 4 fully saturated rings. The molecule has 0 aromatic heterocycles. The lowest BCUT2D eigenvalue weighted by Gasteiger charge is -2.65. The van der Waals surface area contributed by atoms with Gasteiger partial charge in [-0.2, -0.15) is 0 Å². The zero-order valence-electron chi connectivity index (χ0n) is 21.0. The van der Waals surface area contributed by atoms with E-state index in [-0.39, 0.29) is 12.1 Å². The van der Waals surface area contributed by atoms with Crippen molar-refractivity contribution in [2.45, 2.75) is 105 Å². The highest BCUT2D eigenvalue weighted by Gasteiger charge is 2.64. The van der Waals surface area contributed by atoms with Crippen molar-refractivity contribution in [1.29, 1.82) is 0 Å². The van der Waals surface area contributed by atoms with Gasteiger partial charge in [0.1, 0.15) is 0 Å². The fraction of sp³-hybridized carbons (Fsp3) is 0.964. The normalized spacial score (nSPS) is 50.2. The first-order chi connectivity index (χ1) is 14.7. The largest absolute Gasteiger partial charge is 0.469 e. The SMILES string of the molecule is CC[C@H]1[C@@H](O)C2C3CC[C@H]([C@H](C)CCC(=O)OC)[C@@]3(C)CCC2[C@@]2(C)CC[C@@H](C)C[C@@H]12. The standard InChI is InChI=1S/C28H48O3/c1-7-19-23-16-17(2)12-14-28(23,5)22-13-15-27(4)20(18(3)8-11-24(29)31-6)9-10-21(27)25(22)26(19)30/h17-23,25-26,30H,7-16H2,1-6H3/t17-,18-,19-,20-,21?,22?,23+,25?,26-,27-,28-/m1/s1. The predicted molar refractivity (Wildman–Crippen MR) is 125 cm³/mol. The van der Waals surface area contributed by atoms with Crippen molar-refractivity contribution in [2.75, 3.05) is 7.11 Å². The lowest BCUT2D eigenvalue weighted by Crippen LogP contribution is -2.61. The van der Waals surface area contributed by atoms with Crippen LogP contribution in [0.1, 0.15) is 98.8 Å². The third-order valence-corrected chi connectivity index (χ3v) is 11.5. The topological polar surface area (TPSA) is 46.5 Å². The van der Waals surface area contributed by atoms with E-state index in [1.807, 2.05) is 0 Å². The van der Waals surface area contributed by atoms with Crippen molar-refractivity contribution >= 4 is 5.97 Å². The Bertz CT molecular complexity index is 661. The quantitative estimate of drug-likeness (QED) is 0.506. The van der Waals surface area contributed by atoms with Gasteiger partial charge in [0, 0.05) is 6.42 Å². The first-order valence-corrected chi connectivity index (χ1v) is 13.4. The summed E-state index contributed by atoms with van der Waals surface area (Å²) in [4.78, 5) is 11.7. The van der Waals surface area contributed by atoms with Gasteiger partial charge in [-0.25, -0.2) is 0 Å². The molecule has 0 bridgehead atoms. The van der Waals surface area contributed by atoms with Gasteiger partial charge in [0.25, 0.3) is 0 Å². The zero-order valence-corrected chi connectivity index (χ0v) is 21.0. The van der Waals surface area contributed by atoms with E-state index in [0.717, 1.165) is 18.8 Å². The van der Waals surface area contributed by atoms with Crippen LogP contribution in [0.3, 0.4) is 0 Å². The van der Waals surface area contributed by atoms with Crippen molar-refractivity contribution in [3.63, 3.8) is 0 Å². The third-order valence-electron chi connectivity index (χ3n) is 11.5. The molecule has 178 valence electrons. The molecule has 31 heavy (non-hydrogen) atoms. The Kier molecular flexibility index (Phi) is 6.58. The van der Waals surface area contributed by atoms with Crippen LogP contribution < -0.4 is 0 Å². The number of methoxy groups -OCH3 is 1. The van der Waals surface area contributed by atoms with Gasteiger partial charge in [0.05, 0.1) is 13.2 Å². The summed E-state index contributed by atoms with van der Waals surface area (Å²) in [7, 11) is 1.50. The highest BCUT2D eigenvalue weighted by molar-refractivity contribution is 5.69. The second-order valence-electron chi connectivity index (χ2n) is 12.7. The fourth-order valence-corrected chi connectivity index (χ4v) is 9.80. The predicted octanol–water partition coefficient (Wildman–Crippen LogP) is 6.48. The van der Waals surface area contributed by atoms with Gasteiger partial charge < -0.3 is 9.84 Å². The van der Waals surface area contributed by atoms with Gasteiger partial charge >= 0.3 is 5.97 Å². The molecule has 0 radical (unpaired) electrons. The summed E-state index contributed by atoms with van der Waals surface area (Å²) < 4.78 is 4.90. The van der Waals surface area contributed by atoms with E-state index in [0.29, 0.717) is 58.7 Å². The Balaban J connectivity index is 1.58. The summed E-state index contributed by atoms with van der Waals surface area (Å²) >= 11 is 0. The molecule has 0 aromatic rings. The zero-order chi connectivity index (χ0) is 22.6. The summed E-state index contributed by atoms with van der Waals surface area (Å²) in [6.45, 7) is 12.3. The number of carbonyl (C=O) groups excluding carboxylic acids is 1. The third kappa shape index (κ3) is 3.69. The van der Waals surface area contributed by atoms with Crippen LogP contribution in [0.25, 0.3) is 0 Å². The molecule has 1 N–H and O–H groups in total. The molecule has 3 heteroatoms. The van der Waals surface area contributed by atoms with Crippen molar-refractivity contribution < 1.29 is 14.6 Å². The van der Waals surface area contributed by atoms with Crippen LogP contribution >= 0.6 is 0 Å². The van der Waals surface area contributed by atoms with Crippen LogP contribution in [0.15, 0.2) is 0 Å². The number of esters is 1. The van der Waals surface area contributed by atoms with Gasteiger partial charge in [0.15, 0.2) is 0 Å². The highest BCUT2D eigenvalue weighted by atomic mass is 16.5. The number of rotatable bonds is 5. The Labute approximate surface area is 191 Å². The average Bonchev–Trinajstić information content (AvgIpc) is 3.10. The minimum Gasteiger partial charge on any atom is -0.469 e. The van der Waals surface area contributed by atoms with Gasteiger partial charge in [-0.15, -0.1) is 0 Å². The molecule has 0 aliphatic heterocycles. The molecule has 4 aliphatic carbocycles. The Morgan fingerprint density at radius 1 is 1.06 bits per heavy atom. The number of hydrogen-bond acceptors (Lipinski definition) is 3. The van der Waals surface area contributed by atoms with Gasteiger partial charge in [-0.05, 0) is 103 Å². The fourth-order valence-electron chi connectivity index (χ4n) is 9.80. The van der Waals surface area contributed by atoms with Crippen LogP contribution in [0.4, 0.5) is 0 Å². The molecular formula is C28H48O3. The minimum atomic E-state index is -0.118. The molecule has 4 aliphatic rings. The van der Waals surface area contributed by atoms with E-state index >= 15 is 0 Å². The van der Waals surface area contributed by atoms with E-state index < -0.39 is 0 Å². The summed E-state index contributed by atoms with van der Waals surface area (Å²) in [5, 5.41) is 11.8. The summed E-state index contributed by atoms with van der Waals surface area (Å²) in [6.07, 6.45) is 11.7. The van der Waals surface area contributed by atoms with Gasteiger partial charge in [-0.1, -0.05) is 47.5 Å². The lowest BCUT2D eigenvalue weighted by atomic mass is 9.41. The number of hydrogen-bond donors (Lipinski definition) is 1. The van der Waals surface area contributed by atoms with Crippen molar-refractivity contribution in [3.8, 4) is 0 Å². The van der Waals surface area contributed by atoms with Crippen LogP contribution in [0.2, 0.25) is 0 Å². The molecule has 0 aromatic carbocycles. The summed E-state index contributed by atoms with van der Waals surface area (Å²) in [5.74, 6) is 4.98. The van der Waals surface area contributed by atoms with E-state index in [1.54, 1.807) is 0 Å². The minimum absolute atomic E-state index is 0.0748. The first kappa shape index (κ1) is 23.6. The molecule has 0 heterocycles. The molecule has 0 amide bonds. The van der Waals surface area contributed by atoms with Gasteiger partial charge in [0.2, 0.25) is 0 Å². The number of ether oxygens (including phenoxy) is 1. The van der Waals surface area contributed by atoms with Gasteiger partial charge in [-0.3, -0.25) is 4.79 Å². The van der Waals surface area contributed by atoms with Crippen LogP contribution in [0, 0.1) is 58.2 Å². The van der Waals surface area contributed by atoms with E-state index in [2.05, 4.69) is 34.6 Å². The van der Waals surface area contributed by atoms with Crippen LogP contribution in [0.5, 0.6) is 0 Å². The maximum atomic E-state index is 11.8. The average molecular weight is 433 g/mol. The first-order valence-electron chi connectivity index (χ1n) is 13.4. The smallest absolute Gasteiger partial charge is 0.305 e. The second kappa shape index (κ2) is 8.65. The van der Waals surface area contributed by atoms with Crippen molar-refractivity contribution in [1.82, 2.24) is 0 Å². The Hall–Kier alpha value is -0.570. The number of aliphatic hydroxyl groups excluding tert-OH is 1. The molecule has 4 saturated carbocycles. The monoisotopic (exact) mass is 432 g/mol. The molecule has 0 spiro atoms. The molecule has 11 atom stereocenters. The Morgan fingerprint density at radius 3 is 2.42 bits per heavy atom. The summed E-state index contributed by atoms with van der Waals surface area (Å²) in [6, 6.07) is 0. The number of fused-ring (bicyclic) bond motifs is 5. The second-order valence-corrected chi connectivity index (χ2v) is 12.7. The molecule has 3 unspecified atom stereocenters. The lowest BCUT2D eigenvalue weighted by molar-refractivity contribution is -0.198. The number of aliphatic hydroxyl groups is 1. The highest BCUT2D eigenvalue weighted by Crippen LogP contribution is 2.69. The molecule has 4 rings (SSSR count). The molecule has 3 nitrogen and oxygen atoms in total. The maximum absolute atomic E-state index is 11.8.